The Morgan fingerprint density at radius 3 is 2.16 bits per heavy atom. The number of likely N-dealkylation sites (N-methyl/N-ethyl adjacent to an activating group) is 1. The number of hydrogen-bond acceptors (Lipinski definition) is 3. The average molecular weight is 270 g/mol. The Kier molecular flexibility index (Phi) is 5.44. The second-order valence-corrected chi connectivity index (χ2v) is 8.02. The molecule has 1 saturated carbocycles. The summed E-state index contributed by atoms with van der Waals surface area (Å²) in [6.07, 6.45) is 3.70. The normalized spacial score (nSPS) is 29.8. The van der Waals surface area contributed by atoms with Gasteiger partial charge in [0.25, 0.3) is 0 Å². The van der Waals surface area contributed by atoms with Gasteiger partial charge in [0, 0.05) is 11.6 Å². The van der Waals surface area contributed by atoms with Crippen LogP contribution in [0.4, 0.5) is 0 Å². The molecule has 3 nitrogen and oxygen atoms in total. The number of rotatable bonds is 4. The number of aliphatic hydroxyl groups is 1. The maximum Gasteiger partial charge on any atom is 0.0610 e. The molecule has 1 aliphatic carbocycles. The lowest BCUT2D eigenvalue weighted by Gasteiger charge is -2.49. The Morgan fingerprint density at radius 2 is 1.74 bits per heavy atom. The number of aliphatic hydroxyl groups excluding tert-OH is 1. The van der Waals surface area contributed by atoms with Crippen LogP contribution >= 0.6 is 0 Å². The van der Waals surface area contributed by atoms with E-state index < -0.39 is 0 Å². The smallest absolute Gasteiger partial charge is 0.0610 e. The quantitative estimate of drug-likeness (QED) is 0.825. The Balaban J connectivity index is 2.86. The van der Waals surface area contributed by atoms with Gasteiger partial charge < -0.3 is 10.8 Å². The molecule has 0 aromatic carbocycles. The van der Waals surface area contributed by atoms with E-state index in [-0.39, 0.29) is 12.1 Å². The standard InChI is InChI=1S/C16H34N2O/c1-15(2,3)13-8-7-12(10-17)14(9-13)18(6)16(4,5)11-19/h12-14,19H,7-11,17H2,1-6H3. The van der Waals surface area contributed by atoms with Gasteiger partial charge in [-0.05, 0) is 64.0 Å². The topological polar surface area (TPSA) is 49.5 Å². The van der Waals surface area contributed by atoms with E-state index in [1.54, 1.807) is 0 Å². The van der Waals surface area contributed by atoms with Gasteiger partial charge in [0.1, 0.15) is 0 Å². The first-order valence-electron chi connectivity index (χ1n) is 7.67. The van der Waals surface area contributed by atoms with Crippen LogP contribution in [0.25, 0.3) is 0 Å². The molecular weight excluding hydrogens is 236 g/mol. The van der Waals surface area contributed by atoms with E-state index in [4.69, 9.17) is 5.73 Å². The van der Waals surface area contributed by atoms with Crippen molar-refractivity contribution in [3.05, 3.63) is 0 Å². The molecule has 3 unspecified atom stereocenters. The van der Waals surface area contributed by atoms with Crippen molar-refractivity contribution in [2.45, 2.75) is 65.5 Å². The second-order valence-electron chi connectivity index (χ2n) is 8.02. The lowest BCUT2D eigenvalue weighted by molar-refractivity contribution is -0.0154. The summed E-state index contributed by atoms with van der Waals surface area (Å²) >= 11 is 0. The van der Waals surface area contributed by atoms with Gasteiger partial charge in [0.05, 0.1) is 6.61 Å². The van der Waals surface area contributed by atoms with Crippen LogP contribution in [0.1, 0.15) is 53.9 Å². The Hall–Kier alpha value is -0.120. The third-order valence-electron chi connectivity index (χ3n) is 5.32. The number of hydrogen-bond donors (Lipinski definition) is 2. The summed E-state index contributed by atoms with van der Waals surface area (Å²) in [5.41, 5.74) is 6.18. The van der Waals surface area contributed by atoms with Crippen LogP contribution < -0.4 is 5.73 Å². The zero-order valence-corrected chi connectivity index (χ0v) is 13.7. The maximum absolute atomic E-state index is 9.61. The van der Waals surface area contributed by atoms with Crippen molar-refractivity contribution in [1.82, 2.24) is 4.90 Å². The van der Waals surface area contributed by atoms with E-state index in [0.717, 1.165) is 12.5 Å². The van der Waals surface area contributed by atoms with Crippen LogP contribution in [0.15, 0.2) is 0 Å². The second kappa shape index (κ2) is 6.11. The van der Waals surface area contributed by atoms with Crippen molar-refractivity contribution in [1.29, 1.82) is 0 Å². The molecule has 0 aromatic rings. The first-order valence-corrected chi connectivity index (χ1v) is 7.67. The highest BCUT2D eigenvalue weighted by Crippen LogP contribution is 2.42. The van der Waals surface area contributed by atoms with Crippen LogP contribution in [0.2, 0.25) is 0 Å². The number of nitrogens with two attached hydrogens (primary N) is 1. The summed E-state index contributed by atoms with van der Waals surface area (Å²) in [6.45, 7) is 12.2. The zero-order chi connectivity index (χ0) is 14.8. The summed E-state index contributed by atoms with van der Waals surface area (Å²) in [4.78, 5) is 2.36. The van der Waals surface area contributed by atoms with Gasteiger partial charge in [-0.15, -0.1) is 0 Å². The van der Waals surface area contributed by atoms with Crippen molar-refractivity contribution < 1.29 is 5.11 Å². The Morgan fingerprint density at radius 1 is 1.16 bits per heavy atom. The zero-order valence-electron chi connectivity index (χ0n) is 13.7. The summed E-state index contributed by atoms with van der Waals surface area (Å²) in [6, 6.07) is 0.491. The van der Waals surface area contributed by atoms with Gasteiger partial charge in [0.2, 0.25) is 0 Å². The molecule has 0 aromatic heterocycles. The van der Waals surface area contributed by atoms with Crippen LogP contribution in [-0.4, -0.2) is 41.8 Å². The molecule has 0 heterocycles. The minimum atomic E-state index is -0.169. The van der Waals surface area contributed by atoms with Gasteiger partial charge in [-0.25, -0.2) is 0 Å². The van der Waals surface area contributed by atoms with E-state index in [0.29, 0.717) is 17.4 Å². The van der Waals surface area contributed by atoms with E-state index >= 15 is 0 Å². The first-order chi connectivity index (χ1) is 8.63. The molecule has 1 rings (SSSR count). The minimum absolute atomic E-state index is 0.169. The fourth-order valence-corrected chi connectivity index (χ4v) is 3.31. The van der Waals surface area contributed by atoms with Crippen LogP contribution in [-0.2, 0) is 0 Å². The van der Waals surface area contributed by atoms with Crippen molar-refractivity contribution in [3.8, 4) is 0 Å². The summed E-state index contributed by atoms with van der Waals surface area (Å²) in [5, 5.41) is 9.61. The highest BCUT2D eigenvalue weighted by molar-refractivity contribution is 4.94. The minimum Gasteiger partial charge on any atom is -0.394 e. The van der Waals surface area contributed by atoms with Crippen LogP contribution in [0.5, 0.6) is 0 Å². The van der Waals surface area contributed by atoms with Gasteiger partial charge in [-0.1, -0.05) is 20.8 Å². The molecule has 1 fully saturated rings. The lowest BCUT2D eigenvalue weighted by Crippen LogP contribution is -2.56. The van der Waals surface area contributed by atoms with Gasteiger partial charge >= 0.3 is 0 Å². The third kappa shape index (κ3) is 3.93. The molecule has 3 N–H and O–H groups in total. The molecule has 3 atom stereocenters. The Labute approximate surface area is 119 Å². The van der Waals surface area contributed by atoms with Crippen LogP contribution in [0, 0.1) is 17.3 Å². The molecule has 1 aliphatic rings. The largest absolute Gasteiger partial charge is 0.394 e. The molecule has 0 spiro atoms. The monoisotopic (exact) mass is 270 g/mol. The summed E-state index contributed by atoms with van der Waals surface area (Å²) in [7, 11) is 2.15. The van der Waals surface area contributed by atoms with Gasteiger partial charge in [0.15, 0.2) is 0 Å². The number of nitrogens with zero attached hydrogens (tertiary/aromatic N) is 1. The van der Waals surface area contributed by atoms with E-state index in [1.807, 2.05) is 0 Å². The van der Waals surface area contributed by atoms with Crippen molar-refractivity contribution >= 4 is 0 Å². The molecule has 3 heteroatoms. The van der Waals surface area contributed by atoms with Gasteiger partial charge in [-0.3, -0.25) is 4.90 Å². The molecule has 0 aliphatic heterocycles. The van der Waals surface area contributed by atoms with Crippen molar-refractivity contribution in [3.63, 3.8) is 0 Å². The molecule has 0 amide bonds. The molecule has 114 valence electrons. The third-order valence-corrected chi connectivity index (χ3v) is 5.32. The molecule has 0 bridgehead atoms. The molecule has 0 radical (unpaired) electrons. The van der Waals surface area contributed by atoms with Crippen LogP contribution in [0.3, 0.4) is 0 Å². The van der Waals surface area contributed by atoms with E-state index in [1.165, 1.54) is 19.3 Å². The SMILES string of the molecule is CN(C1CC(C(C)(C)C)CCC1CN)C(C)(C)CO. The van der Waals surface area contributed by atoms with E-state index in [2.05, 4.69) is 46.6 Å². The van der Waals surface area contributed by atoms with Crippen molar-refractivity contribution in [2.75, 3.05) is 20.2 Å². The van der Waals surface area contributed by atoms with Crippen molar-refractivity contribution in [2.24, 2.45) is 23.0 Å². The Bertz CT molecular complexity index is 283. The highest BCUT2D eigenvalue weighted by atomic mass is 16.3. The fourth-order valence-electron chi connectivity index (χ4n) is 3.31. The molecular formula is C16H34N2O. The molecule has 0 saturated heterocycles. The highest BCUT2D eigenvalue weighted by Gasteiger charge is 2.40. The van der Waals surface area contributed by atoms with E-state index in [9.17, 15) is 5.11 Å². The van der Waals surface area contributed by atoms with Gasteiger partial charge in [-0.2, -0.15) is 0 Å². The maximum atomic E-state index is 9.61. The fraction of sp³-hybridized carbons (Fsp3) is 1.00. The lowest BCUT2D eigenvalue weighted by atomic mass is 9.67. The summed E-state index contributed by atoms with van der Waals surface area (Å²) in [5.74, 6) is 1.31. The summed E-state index contributed by atoms with van der Waals surface area (Å²) < 4.78 is 0. The average Bonchev–Trinajstić information content (AvgIpc) is 2.35. The predicted molar refractivity (Wildman–Crippen MR) is 82.1 cm³/mol. The first kappa shape index (κ1) is 16.9. The predicted octanol–water partition coefficient (Wildman–Crippen LogP) is 2.48. The molecule has 19 heavy (non-hydrogen) atoms.